The molecule has 3 aromatic rings. The van der Waals surface area contributed by atoms with E-state index in [4.69, 9.17) is 21.4 Å². The van der Waals surface area contributed by atoms with Crippen LogP contribution < -0.4 is 0 Å². The highest BCUT2D eigenvalue weighted by Crippen LogP contribution is 2.44. The van der Waals surface area contributed by atoms with Crippen molar-refractivity contribution < 1.29 is 9.53 Å². The van der Waals surface area contributed by atoms with Gasteiger partial charge in [0.2, 0.25) is 0 Å². The molecule has 0 spiro atoms. The molecular formula is C25H29ClN6O2. The number of aromatic amines is 1. The third-order valence-electron chi connectivity index (χ3n) is 6.47. The molecule has 1 aliphatic carbocycles. The average molecular weight is 481 g/mol. The molecule has 5 rings (SSSR count). The number of aromatic nitrogens is 5. The Hall–Kier alpha value is -3.00. The fraction of sp³-hybridized carbons (Fsp3) is 0.480. The SMILES string of the molecule is CC(C)(C)OC(=O)N1Cc2cc(Cl)cnc2-c2c(C3CCC(c4ncccn4)CC3)n[nH]c2C1. The van der Waals surface area contributed by atoms with E-state index in [1.807, 2.05) is 45.3 Å². The lowest BCUT2D eigenvalue weighted by molar-refractivity contribution is 0.0216. The van der Waals surface area contributed by atoms with E-state index >= 15 is 0 Å². The number of rotatable bonds is 2. The molecule has 2 aliphatic rings. The van der Waals surface area contributed by atoms with E-state index in [0.29, 0.717) is 29.9 Å². The van der Waals surface area contributed by atoms with Crippen LogP contribution in [0.15, 0.2) is 30.7 Å². The largest absolute Gasteiger partial charge is 0.444 e. The van der Waals surface area contributed by atoms with E-state index in [-0.39, 0.29) is 6.09 Å². The minimum atomic E-state index is -0.581. The zero-order chi connectivity index (χ0) is 23.9. The Kier molecular flexibility index (Phi) is 6.02. The molecule has 9 heteroatoms. The van der Waals surface area contributed by atoms with Gasteiger partial charge in [-0.1, -0.05) is 11.6 Å². The Balaban J connectivity index is 1.45. The van der Waals surface area contributed by atoms with Gasteiger partial charge < -0.3 is 4.74 Å². The van der Waals surface area contributed by atoms with Crippen LogP contribution in [0.25, 0.3) is 11.3 Å². The molecule has 178 valence electrons. The molecule has 4 heterocycles. The van der Waals surface area contributed by atoms with E-state index in [1.165, 1.54) is 0 Å². The molecule has 0 atom stereocenters. The van der Waals surface area contributed by atoms with Crippen LogP contribution in [0.2, 0.25) is 5.02 Å². The maximum absolute atomic E-state index is 13.0. The highest BCUT2D eigenvalue weighted by atomic mass is 35.5. The minimum Gasteiger partial charge on any atom is -0.444 e. The van der Waals surface area contributed by atoms with Gasteiger partial charge in [0.05, 0.1) is 35.2 Å². The van der Waals surface area contributed by atoms with Gasteiger partial charge in [-0.25, -0.2) is 14.8 Å². The number of hydrogen-bond donors (Lipinski definition) is 1. The number of pyridine rings is 1. The molecule has 1 amide bonds. The van der Waals surface area contributed by atoms with Crippen molar-refractivity contribution in [1.29, 1.82) is 0 Å². The highest BCUT2D eigenvalue weighted by Gasteiger charge is 2.34. The highest BCUT2D eigenvalue weighted by molar-refractivity contribution is 6.30. The normalized spacial score (nSPS) is 20.3. The summed E-state index contributed by atoms with van der Waals surface area (Å²) in [5.41, 5.74) is 4.04. The van der Waals surface area contributed by atoms with Crippen LogP contribution in [-0.4, -0.2) is 41.7 Å². The molecule has 0 saturated heterocycles. The summed E-state index contributed by atoms with van der Waals surface area (Å²) in [5.74, 6) is 1.61. The molecule has 3 aromatic heterocycles. The van der Waals surface area contributed by atoms with Gasteiger partial charge in [0.15, 0.2) is 0 Å². The van der Waals surface area contributed by atoms with Crippen molar-refractivity contribution in [3.63, 3.8) is 0 Å². The van der Waals surface area contributed by atoms with Gasteiger partial charge in [0.25, 0.3) is 0 Å². The number of nitrogens with zero attached hydrogens (tertiary/aromatic N) is 5. The molecule has 0 radical (unpaired) electrons. The van der Waals surface area contributed by atoms with Crippen LogP contribution in [-0.2, 0) is 17.8 Å². The minimum absolute atomic E-state index is 0.304. The number of carbonyl (C=O) groups excluding carboxylic acids is 1. The number of H-pyrrole nitrogens is 1. The van der Waals surface area contributed by atoms with E-state index in [0.717, 1.165) is 59.7 Å². The summed E-state index contributed by atoms with van der Waals surface area (Å²) < 4.78 is 5.66. The lowest BCUT2D eigenvalue weighted by Gasteiger charge is -2.27. The molecule has 34 heavy (non-hydrogen) atoms. The summed E-state index contributed by atoms with van der Waals surface area (Å²) in [4.78, 5) is 28.2. The van der Waals surface area contributed by atoms with Crippen LogP contribution in [0.3, 0.4) is 0 Å². The summed E-state index contributed by atoms with van der Waals surface area (Å²) in [6.45, 7) is 6.35. The van der Waals surface area contributed by atoms with Crippen molar-refractivity contribution in [3.05, 3.63) is 58.5 Å². The first-order valence-electron chi connectivity index (χ1n) is 11.8. The van der Waals surface area contributed by atoms with Crippen molar-refractivity contribution in [2.24, 2.45) is 0 Å². The first-order valence-corrected chi connectivity index (χ1v) is 12.1. The van der Waals surface area contributed by atoms with Crippen molar-refractivity contribution >= 4 is 17.7 Å². The predicted molar refractivity (Wildman–Crippen MR) is 128 cm³/mol. The third-order valence-corrected chi connectivity index (χ3v) is 6.67. The number of ether oxygens (including phenoxy) is 1. The quantitative estimate of drug-likeness (QED) is 0.512. The standard InChI is InChI=1S/C25H29ClN6O2/c1-25(2,3)34-24(33)32-13-17-11-18(26)12-29-21(17)20-19(14-32)30-31-22(20)15-5-7-16(8-6-15)23-27-9-4-10-28-23/h4,9-12,15-16H,5-8,13-14H2,1-3H3,(H,30,31). The second kappa shape index (κ2) is 8.98. The first kappa shape index (κ1) is 22.8. The van der Waals surface area contributed by atoms with E-state index in [9.17, 15) is 4.79 Å². The van der Waals surface area contributed by atoms with Crippen molar-refractivity contribution in [3.8, 4) is 11.3 Å². The van der Waals surface area contributed by atoms with Gasteiger partial charge in [-0.3, -0.25) is 15.0 Å². The van der Waals surface area contributed by atoms with Gasteiger partial charge in [-0.15, -0.1) is 0 Å². The van der Waals surface area contributed by atoms with E-state index < -0.39 is 5.60 Å². The molecule has 1 fully saturated rings. The molecule has 1 aliphatic heterocycles. The summed E-state index contributed by atoms with van der Waals surface area (Å²) in [6, 6.07) is 3.74. The lowest BCUT2D eigenvalue weighted by Crippen LogP contribution is -2.35. The number of hydrogen-bond acceptors (Lipinski definition) is 6. The van der Waals surface area contributed by atoms with Gasteiger partial charge in [0, 0.05) is 36.0 Å². The second-order valence-corrected chi connectivity index (χ2v) is 10.6. The topological polar surface area (TPSA) is 96.9 Å². The molecule has 8 nitrogen and oxygen atoms in total. The molecule has 0 aromatic carbocycles. The third kappa shape index (κ3) is 4.64. The monoisotopic (exact) mass is 480 g/mol. The number of carbonyl (C=O) groups is 1. The summed E-state index contributed by atoms with van der Waals surface area (Å²) in [5, 5.41) is 8.50. The van der Waals surface area contributed by atoms with Crippen molar-refractivity contribution in [1.82, 2.24) is 30.0 Å². The Morgan fingerprint density at radius 1 is 1.09 bits per heavy atom. The van der Waals surface area contributed by atoms with E-state index in [2.05, 4.69) is 20.1 Å². The molecule has 1 N–H and O–H groups in total. The zero-order valence-electron chi connectivity index (χ0n) is 19.7. The molecule has 0 unspecified atom stereocenters. The Bertz CT molecular complexity index is 1180. The Morgan fingerprint density at radius 3 is 2.50 bits per heavy atom. The molecule has 0 bridgehead atoms. The zero-order valence-corrected chi connectivity index (χ0v) is 20.5. The molecule has 1 saturated carbocycles. The average Bonchev–Trinajstić information content (AvgIpc) is 3.14. The van der Waals surface area contributed by atoms with Crippen LogP contribution in [0, 0.1) is 0 Å². The van der Waals surface area contributed by atoms with Crippen molar-refractivity contribution in [2.75, 3.05) is 0 Å². The number of nitrogens with one attached hydrogen (secondary N) is 1. The van der Waals surface area contributed by atoms with Crippen LogP contribution in [0.1, 0.15) is 81.1 Å². The second-order valence-electron chi connectivity index (χ2n) is 10.1. The fourth-order valence-corrected chi connectivity index (χ4v) is 5.13. The number of fused-ring (bicyclic) bond motifs is 3. The Morgan fingerprint density at radius 2 is 1.79 bits per heavy atom. The van der Waals surface area contributed by atoms with Gasteiger partial charge in [0.1, 0.15) is 11.4 Å². The number of amides is 1. The molecular weight excluding hydrogens is 452 g/mol. The summed E-state index contributed by atoms with van der Waals surface area (Å²) in [6.07, 6.45) is 8.94. The first-order chi connectivity index (χ1) is 16.3. The van der Waals surface area contributed by atoms with E-state index in [1.54, 1.807) is 11.1 Å². The van der Waals surface area contributed by atoms with Gasteiger partial charge in [-0.05, 0) is 64.2 Å². The van der Waals surface area contributed by atoms with Crippen LogP contribution in [0.4, 0.5) is 4.79 Å². The summed E-state index contributed by atoms with van der Waals surface area (Å²) in [7, 11) is 0. The van der Waals surface area contributed by atoms with Crippen molar-refractivity contribution in [2.45, 2.75) is 77.0 Å². The van der Waals surface area contributed by atoms with Crippen LogP contribution >= 0.6 is 11.6 Å². The van der Waals surface area contributed by atoms with Gasteiger partial charge in [-0.2, -0.15) is 5.10 Å². The fourth-order valence-electron chi connectivity index (χ4n) is 4.95. The lowest BCUT2D eigenvalue weighted by atomic mass is 9.78. The Labute approximate surface area is 204 Å². The number of halogens is 1. The maximum atomic E-state index is 13.0. The maximum Gasteiger partial charge on any atom is 0.410 e. The van der Waals surface area contributed by atoms with Crippen LogP contribution in [0.5, 0.6) is 0 Å². The summed E-state index contributed by atoms with van der Waals surface area (Å²) >= 11 is 6.29. The van der Waals surface area contributed by atoms with Gasteiger partial charge >= 0.3 is 6.09 Å². The smallest absolute Gasteiger partial charge is 0.410 e. The predicted octanol–water partition coefficient (Wildman–Crippen LogP) is 5.61.